The first-order valence-electron chi connectivity index (χ1n) is 6.40. The Hall–Kier alpha value is -1.88. The zero-order valence-electron chi connectivity index (χ0n) is 10.6. The summed E-state index contributed by atoms with van der Waals surface area (Å²) in [6, 6.07) is 4.61. The summed E-state index contributed by atoms with van der Waals surface area (Å²) in [4.78, 5) is 15.4. The van der Waals surface area contributed by atoms with Crippen LogP contribution in [0.2, 0.25) is 5.02 Å². The summed E-state index contributed by atoms with van der Waals surface area (Å²) >= 11 is 6.07. The highest BCUT2D eigenvalue weighted by Crippen LogP contribution is 2.29. The van der Waals surface area contributed by atoms with Crippen molar-refractivity contribution in [1.29, 1.82) is 0 Å². The maximum Gasteiger partial charge on any atom is 0.220 e. The van der Waals surface area contributed by atoms with Crippen LogP contribution < -0.4 is 5.32 Å². The molecule has 20 heavy (non-hydrogen) atoms. The number of rotatable bonds is 3. The molecule has 1 saturated heterocycles. The Balaban J connectivity index is 1.92. The highest BCUT2D eigenvalue weighted by Gasteiger charge is 2.23. The van der Waals surface area contributed by atoms with Crippen LogP contribution in [0.5, 0.6) is 0 Å². The molecule has 104 valence electrons. The molecule has 1 aromatic carbocycles. The van der Waals surface area contributed by atoms with E-state index in [1.807, 2.05) is 4.57 Å². The van der Waals surface area contributed by atoms with Gasteiger partial charge in [-0.2, -0.15) is 0 Å². The molecule has 2 aromatic rings. The summed E-state index contributed by atoms with van der Waals surface area (Å²) in [5.74, 6) is 0.134. The molecule has 1 unspecified atom stereocenters. The first kappa shape index (κ1) is 13.1. The van der Waals surface area contributed by atoms with Gasteiger partial charge in [-0.1, -0.05) is 17.7 Å². The van der Waals surface area contributed by atoms with Crippen molar-refractivity contribution in [3.63, 3.8) is 0 Å². The molecule has 2 heterocycles. The molecule has 1 aliphatic rings. The van der Waals surface area contributed by atoms with Crippen LogP contribution in [0.1, 0.15) is 12.8 Å². The molecule has 6 heteroatoms. The molecule has 1 fully saturated rings. The Labute approximate surface area is 120 Å². The topological polar surface area (TPSA) is 46.9 Å². The second kappa shape index (κ2) is 5.25. The lowest BCUT2D eigenvalue weighted by Crippen LogP contribution is -2.29. The van der Waals surface area contributed by atoms with Crippen molar-refractivity contribution >= 4 is 17.5 Å². The lowest BCUT2D eigenvalue weighted by atomic mass is 10.2. The van der Waals surface area contributed by atoms with Gasteiger partial charge >= 0.3 is 0 Å². The molecule has 0 bridgehead atoms. The minimum Gasteiger partial charge on any atom is -0.352 e. The van der Waals surface area contributed by atoms with Crippen molar-refractivity contribution < 1.29 is 9.18 Å². The van der Waals surface area contributed by atoms with Crippen molar-refractivity contribution in [3.8, 4) is 11.4 Å². The van der Waals surface area contributed by atoms with E-state index in [1.165, 1.54) is 6.07 Å². The van der Waals surface area contributed by atoms with E-state index in [-0.39, 0.29) is 11.9 Å². The minimum atomic E-state index is -0.402. The molecular formula is C14H13ClFN3O. The SMILES string of the molecule is O=C1CCC(Cn2ccnc2-c2c(F)cccc2Cl)N1. The number of nitrogens with zero attached hydrogens (tertiary/aromatic N) is 2. The van der Waals surface area contributed by atoms with Gasteiger partial charge in [0.2, 0.25) is 5.91 Å². The molecule has 4 nitrogen and oxygen atoms in total. The van der Waals surface area contributed by atoms with Gasteiger partial charge in [-0.05, 0) is 18.6 Å². The Morgan fingerprint density at radius 1 is 1.50 bits per heavy atom. The number of benzene rings is 1. The van der Waals surface area contributed by atoms with E-state index in [1.54, 1.807) is 24.5 Å². The van der Waals surface area contributed by atoms with E-state index < -0.39 is 5.82 Å². The Kier molecular flexibility index (Phi) is 3.44. The first-order valence-corrected chi connectivity index (χ1v) is 6.78. The Morgan fingerprint density at radius 3 is 3.05 bits per heavy atom. The Bertz CT molecular complexity index is 635. The zero-order chi connectivity index (χ0) is 14.1. The summed E-state index contributed by atoms with van der Waals surface area (Å²) in [5, 5.41) is 3.21. The summed E-state index contributed by atoms with van der Waals surface area (Å²) in [5.41, 5.74) is 0.295. The van der Waals surface area contributed by atoms with Crippen molar-refractivity contribution in [2.45, 2.75) is 25.4 Å². The molecule has 1 aliphatic heterocycles. The fourth-order valence-electron chi connectivity index (χ4n) is 2.45. The number of aromatic nitrogens is 2. The van der Waals surface area contributed by atoms with E-state index in [2.05, 4.69) is 10.3 Å². The number of imidazole rings is 1. The van der Waals surface area contributed by atoms with Crippen LogP contribution in [0, 0.1) is 5.82 Å². The molecule has 0 saturated carbocycles. The third kappa shape index (κ3) is 2.41. The highest BCUT2D eigenvalue weighted by molar-refractivity contribution is 6.33. The van der Waals surface area contributed by atoms with E-state index in [0.717, 1.165) is 6.42 Å². The summed E-state index contributed by atoms with van der Waals surface area (Å²) < 4.78 is 15.8. The van der Waals surface area contributed by atoms with E-state index >= 15 is 0 Å². The number of halogens is 2. The molecular weight excluding hydrogens is 281 g/mol. The van der Waals surface area contributed by atoms with Gasteiger partial charge in [0.1, 0.15) is 11.6 Å². The van der Waals surface area contributed by atoms with Gasteiger partial charge in [0.05, 0.1) is 10.6 Å². The highest BCUT2D eigenvalue weighted by atomic mass is 35.5. The molecule has 0 aliphatic carbocycles. The fraction of sp³-hybridized carbons (Fsp3) is 0.286. The van der Waals surface area contributed by atoms with Crippen LogP contribution >= 0.6 is 11.6 Å². The molecule has 1 aromatic heterocycles. The molecule has 3 rings (SSSR count). The maximum absolute atomic E-state index is 14.0. The number of carbonyl (C=O) groups excluding carboxylic acids is 1. The first-order chi connectivity index (χ1) is 9.65. The standard InChI is InChI=1S/C14H13ClFN3O/c15-10-2-1-3-11(16)13(10)14-17-6-7-19(14)8-9-4-5-12(20)18-9/h1-3,6-7,9H,4-5,8H2,(H,18,20). The van der Waals surface area contributed by atoms with Crippen molar-refractivity contribution in [2.24, 2.45) is 0 Å². The fourth-order valence-corrected chi connectivity index (χ4v) is 2.70. The zero-order valence-corrected chi connectivity index (χ0v) is 11.4. The van der Waals surface area contributed by atoms with Crippen LogP contribution in [0.3, 0.4) is 0 Å². The molecule has 1 atom stereocenters. The number of hydrogen-bond donors (Lipinski definition) is 1. The maximum atomic E-state index is 14.0. The predicted molar refractivity (Wildman–Crippen MR) is 73.8 cm³/mol. The minimum absolute atomic E-state index is 0.0561. The van der Waals surface area contributed by atoms with Gasteiger partial charge in [0.15, 0.2) is 0 Å². The number of nitrogens with one attached hydrogen (secondary N) is 1. The van der Waals surface area contributed by atoms with E-state index in [9.17, 15) is 9.18 Å². The van der Waals surface area contributed by atoms with Gasteiger partial charge < -0.3 is 9.88 Å². The average molecular weight is 294 g/mol. The Morgan fingerprint density at radius 2 is 2.35 bits per heavy atom. The average Bonchev–Trinajstić information content (AvgIpc) is 3.00. The van der Waals surface area contributed by atoms with Crippen molar-refractivity contribution in [3.05, 3.63) is 41.4 Å². The van der Waals surface area contributed by atoms with Crippen LogP contribution in [-0.4, -0.2) is 21.5 Å². The van der Waals surface area contributed by atoms with Crippen molar-refractivity contribution in [2.75, 3.05) is 0 Å². The molecule has 0 radical (unpaired) electrons. The van der Waals surface area contributed by atoms with Gasteiger partial charge in [0.25, 0.3) is 0 Å². The van der Waals surface area contributed by atoms with Crippen LogP contribution in [0.15, 0.2) is 30.6 Å². The third-order valence-electron chi connectivity index (χ3n) is 3.40. The van der Waals surface area contributed by atoms with E-state index in [0.29, 0.717) is 29.4 Å². The number of amides is 1. The van der Waals surface area contributed by atoms with Crippen molar-refractivity contribution in [1.82, 2.24) is 14.9 Å². The van der Waals surface area contributed by atoms with Gasteiger partial charge in [0, 0.05) is 31.4 Å². The van der Waals surface area contributed by atoms with Crippen LogP contribution in [0.25, 0.3) is 11.4 Å². The lowest BCUT2D eigenvalue weighted by Gasteiger charge is -2.14. The molecule has 0 spiro atoms. The van der Waals surface area contributed by atoms with Gasteiger partial charge in [-0.3, -0.25) is 4.79 Å². The van der Waals surface area contributed by atoms with Gasteiger partial charge in [-0.25, -0.2) is 9.37 Å². The normalized spacial score (nSPS) is 18.3. The quantitative estimate of drug-likeness (QED) is 0.945. The smallest absolute Gasteiger partial charge is 0.220 e. The number of carbonyl (C=O) groups is 1. The van der Waals surface area contributed by atoms with Crippen LogP contribution in [-0.2, 0) is 11.3 Å². The third-order valence-corrected chi connectivity index (χ3v) is 3.72. The molecule has 1 amide bonds. The van der Waals surface area contributed by atoms with Gasteiger partial charge in [-0.15, -0.1) is 0 Å². The second-order valence-corrected chi connectivity index (χ2v) is 5.21. The summed E-state index contributed by atoms with van der Waals surface area (Å²) in [6.07, 6.45) is 4.69. The second-order valence-electron chi connectivity index (χ2n) is 4.80. The predicted octanol–water partition coefficient (Wildman–Crippen LogP) is 2.62. The number of hydrogen-bond acceptors (Lipinski definition) is 2. The lowest BCUT2D eigenvalue weighted by molar-refractivity contribution is -0.119. The van der Waals surface area contributed by atoms with Crippen LogP contribution in [0.4, 0.5) is 4.39 Å². The monoisotopic (exact) mass is 293 g/mol. The van der Waals surface area contributed by atoms with E-state index in [4.69, 9.17) is 11.6 Å². The summed E-state index contributed by atoms with van der Waals surface area (Å²) in [6.45, 7) is 0.561. The molecule has 1 N–H and O–H groups in total. The largest absolute Gasteiger partial charge is 0.352 e. The summed E-state index contributed by atoms with van der Waals surface area (Å²) in [7, 11) is 0.